The normalized spacial score (nSPS) is 17.6. The van der Waals surface area contributed by atoms with E-state index in [1.807, 2.05) is 0 Å². The summed E-state index contributed by atoms with van der Waals surface area (Å²) in [5, 5.41) is 13.9. The lowest BCUT2D eigenvalue weighted by Crippen LogP contribution is -2.32. The molecule has 0 aliphatic heterocycles. The van der Waals surface area contributed by atoms with Crippen LogP contribution in [0.5, 0.6) is 0 Å². The highest BCUT2D eigenvalue weighted by molar-refractivity contribution is 5.36. The van der Waals surface area contributed by atoms with Gasteiger partial charge in [-0.15, -0.1) is 0 Å². The summed E-state index contributed by atoms with van der Waals surface area (Å²) in [6, 6.07) is 10.6. The number of nitrogens with one attached hydrogen (secondary N) is 1. The lowest BCUT2D eigenvalue weighted by Gasteiger charge is -2.28. The molecular formula is C24H31F2NO. The smallest absolute Gasteiger partial charge is 0.126 e. The average Bonchev–Trinajstić information content (AvgIpc) is 2.63. The van der Waals surface area contributed by atoms with Crippen LogP contribution in [0.1, 0.15) is 61.4 Å². The van der Waals surface area contributed by atoms with Gasteiger partial charge < -0.3 is 10.4 Å². The van der Waals surface area contributed by atoms with Crippen molar-refractivity contribution in [2.75, 3.05) is 6.54 Å². The third-order valence-corrected chi connectivity index (χ3v) is 5.46. The second-order valence-corrected chi connectivity index (χ2v) is 8.45. The molecule has 0 radical (unpaired) electrons. The third-order valence-electron chi connectivity index (χ3n) is 5.46. The molecule has 0 heterocycles. The van der Waals surface area contributed by atoms with Crippen molar-refractivity contribution in [2.24, 2.45) is 5.92 Å². The minimum atomic E-state index is -0.571. The number of fused-ring (bicyclic) bond motifs is 1. The standard InChI is InChI=1S/C24H31F2NO/c1-16(2)10-17-6-8-19-4-3-5-24(23(19)13-17)27-15-22(28)9-7-18-11-20(25)14-21(26)12-18/h6,8,11-14,16,22,24,27-28H,3-5,7,9-10,15H2,1-2H3/t22-,24-/m0/s1. The van der Waals surface area contributed by atoms with Gasteiger partial charge in [0, 0.05) is 18.7 Å². The highest BCUT2D eigenvalue weighted by Gasteiger charge is 2.21. The van der Waals surface area contributed by atoms with Crippen molar-refractivity contribution in [2.45, 2.75) is 64.5 Å². The van der Waals surface area contributed by atoms with Gasteiger partial charge >= 0.3 is 0 Å². The molecule has 0 bridgehead atoms. The molecule has 2 aromatic rings. The minimum absolute atomic E-state index is 0.261. The monoisotopic (exact) mass is 387 g/mol. The number of hydrogen-bond donors (Lipinski definition) is 2. The molecule has 0 amide bonds. The van der Waals surface area contributed by atoms with Crippen LogP contribution in [0.15, 0.2) is 36.4 Å². The van der Waals surface area contributed by atoms with Crippen molar-refractivity contribution >= 4 is 0 Å². The van der Waals surface area contributed by atoms with E-state index in [2.05, 4.69) is 37.4 Å². The van der Waals surface area contributed by atoms with E-state index in [1.165, 1.54) is 28.8 Å². The molecule has 2 N–H and O–H groups in total. The summed E-state index contributed by atoms with van der Waals surface area (Å²) in [6.07, 6.45) is 4.79. The Balaban J connectivity index is 1.56. The Hall–Kier alpha value is -1.78. The van der Waals surface area contributed by atoms with Crippen LogP contribution in [0.3, 0.4) is 0 Å². The van der Waals surface area contributed by atoms with Crippen LogP contribution >= 0.6 is 0 Å². The van der Waals surface area contributed by atoms with E-state index in [-0.39, 0.29) is 6.04 Å². The summed E-state index contributed by atoms with van der Waals surface area (Å²) in [7, 11) is 0. The second kappa shape index (κ2) is 9.62. The Labute approximate surface area is 167 Å². The molecule has 2 nitrogen and oxygen atoms in total. The molecule has 4 heteroatoms. The van der Waals surface area contributed by atoms with Gasteiger partial charge in [0.2, 0.25) is 0 Å². The summed E-state index contributed by atoms with van der Waals surface area (Å²) in [6.45, 7) is 4.95. The first-order valence-electron chi connectivity index (χ1n) is 10.4. The van der Waals surface area contributed by atoms with Crippen molar-refractivity contribution in [1.29, 1.82) is 0 Å². The maximum Gasteiger partial charge on any atom is 0.126 e. The van der Waals surface area contributed by atoms with Gasteiger partial charge in [-0.3, -0.25) is 0 Å². The van der Waals surface area contributed by atoms with E-state index < -0.39 is 17.7 Å². The predicted octanol–water partition coefficient (Wildman–Crippen LogP) is 5.12. The van der Waals surface area contributed by atoms with Crippen molar-refractivity contribution in [1.82, 2.24) is 5.32 Å². The summed E-state index contributed by atoms with van der Waals surface area (Å²) >= 11 is 0. The van der Waals surface area contributed by atoms with Crippen LogP contribution in [0.4, 0.5) is 8.78 Å². The van der Waals surface area contributed by atoms with Gasteiger partial charge in [0.15, 0.2) is 0 Å². The van der Waals surface area contributed by atoms with Crippen molar-refractivity contribution in [3.8, 4) is 0 Å². The summed E-state index contributed by atoms with van der Waals surface area (Å²) in [4.78, 5) is 0. The first-order chi connectivity index (χ1) is 13.4. The van der Waals surface area contributed by atoms with Crippen LogP contribution in [-0.4, -0.2) is 17.8 Å². The molecule has 0 saturated heterocycles. The molecule has 2 atom stereocenters. The van der Waals surface area contributed by atoms with Crippen molar-refractivity contribution in [3.05, 3.63) is 70.3 Å². The highest BCUT2D eigenvalue weighted by atomic mass is 19.1. The topological polar surface area (TPSA) is 32.3 Å². The van der Waals surface area contributed by atoms with Crippen LogP contribution < -0.4 is 5.32 Å². The van der Waals surface area contributed by atoms with Crippen LogP contribution in [-0.2, 0) is 19.3 Å². The fourth-order valence-electron chi connectivity index (χ4n) is 4.13. The molecule has 0 unspecified atom stereocenters. The van der Waals surface area contributed by atoms with E-state index >= 15 is 0 Å². The van der Waals surface area contributed by atoms with E-state index in [0.29, 0.717) is 30.9 Å². The number of aliphatic hydroxyl groups is 1. The number of rotatable bonds is 8. The van der Waals surface area contributed by atoms with E-state index in [0.717, 1.165) is 31.7 Å². The van der Waals surface area contributed by atoms with Crippen LogP contribution in [0, 0.1) is 17.6 Å². The fourth-order valence-corrected chi connectivity index (χ4v) is 4.13. The van der Waals surface area contributed by atoms with Gasteiger partial charge in [0.05, 0.1) is 6.10 Å². The zero-order valence-corrected chi connectivity index (χ0v) is 16.8. The molecule has 1 aliphatic rings. The molecule has 152 valence electrons. The number of halogens is 2. The zero-order valence-electron chi connectivity index (χ0n) is 16.8. The Kier molecular flexibility index (Phi) is 7.19. The first-order valence-corrected chi connectivity index (χ1v) is 10.4. The molecular weight excluding hydrogens is 356 g/mol. The zero-order chi connectivity index (χ0) is 20.1. The van der Waals surface area contributed by atoms with Gasteiger partial charge in [0.25, 0.3) is 0 Å². The Morgan fingerprint density at radius 3 is 2.54 bits per heavy atom. The molecule has 28 heavy (non-hydrogen) atoms. The fraction of sp³-hybridized carbons (Fsp3) is 0.500. The van der Waals surface area contributed by atoms with Crippen LogP contribution in [0.25, 0.3) is 0 Å². The maximum atomic E-state index is 13.3. The molecule has 3 rings (SSSR count). The van der Waals surface area contributed by atoms with Crippen molar-refractivity contribution in [3.63, 3.8) is 0 Å². The van der Waals surface area contributed by atoms with Gasteiger partial charge in [-0.2, -0.15) is 0 Å². The maximum absolute atomic E-state index is 13.3. The molecule has 0 fully saturated rings. The number of aryl methyl sites for hydroxylation is 2. The van der Waals surface area contributed by atoms with Gasteiger partial charge in [-0.25, -0.2) is 8.78 Å². The van der Waals surface area contributed by atoms with Crippen molar-refractivity contribution < 1.29 is 13.9 Å². The largest absolute Gasteiger partial charge is 0.392 e. The Morgan fingerprint density at radius 1 is 1.07 bits per heavy atom. The van der Waals surface area contributed by atoms with Gasteiger partial charge in [-0.05, 0) is 78.8 Å². The van der Waals surface area contributed by atoms with Crippen LogP contribution in [0.2, 0.25) is 0 Å². The Bertz CT molecular complexity index is 770. The quantitative estimate of drug-likeness (QED) is 0.659. The minimum Gasteiger partial charge on any atom is -0.392 e. The third kappa shape index (κ3) is 5.86. The SMILES string of the molecule is CC(C)Cc1ccc2c(c1)[C@@H](NC[C@@H](O)CCc1cc(F)cc(F)c1)CCC2. The molecule has 1 aliphatic carbocycles. The molecule has 0 saturated carbocycles. The molecule has 2 aromatic carbocycles. The Morgan fingerprint density at radius 2 is 1.82 bits per heavy atom. The lowest BCUT2D eigenvalue weighted by atomic mass is 9.85. The van der Waals surface area contributed by atoms with Gasteiger partial charge in [-0.1, -0.05) is 32.0 Å². The average molecular weight is 388 g/mol. The van der Waals surface area contributed by atoms with E-state index in [4.69, 9.17) is 0 Å². The summed E-state index contributed by atoms with van der Waals surface area (Å²) in [5.74, 6) is -0.514. The number of benzene rings is 2. The second-order valence-electron chi connectivity index (χ2n) is 8.45. The van der Waals surface area contributed by atoms with Gasteiger partial charge in [0.1, 0.15) is 11.6 Å². The molecule has 0 spiro atoms. The highest BCUT2D eigenvalue weighted by Crippen LogP contribution is 2.31. The summed E-state index contributed by atoms with van der Waals surface area (Å²) in [5.41, 5.74) is 4.72. The number of aliphatic hydroxyl groups excluding tert-OH is 1. The predicted molar refractivity (Wildman–Crippen MR) is 109 cm³/mol. The number of hydrogen-bond acceptors (Lipinski definition) is 2. The van der Waals surface area contributed by atoms with E-state index in [9.17, 15) is 13.9 Å². The first kappa shape index (κ1) is 20.9. The summed E-state index contributed by atoms with van der Waals surface area (Å²) < 4.78 is 26.6. The lowest BCUT2D eigenvalue weighted by molar-refractivity contribution is 0.156. The van der Waals surface area contributed by atoms with E-state index in [1.54, 1.807) is 0 Å². The molecule has 0 aromatic heterocycles.